The first-order valence-electron chi connectivity index (χ1n) is 3.65. The van der Waals surface area contributed by atoms with E-state index >= 15 is 0 Å². The molecule has 0 aliphatic heterocycles. The Hall–Kier alpha value is 1.65. The first-order chi connectivity index (χ1) is 4.55. The summed E-state index contributed by atoms with van der Waals surface area (Å²) in [5.74, 6) is 0.694. The van der Waals surface area contributed by atoms with Gasteiger partial charge in [0.25, 0.3) is 0 Å². The van der Waals surface area contributed by atoms with Crippen molar-refractivity contribution >= 4 is 0 Å². The Morgan fingerprint density at radius 3 is 1.50 bits per heavy atom. The molecule has 0 saturated carbocycles. The summed E-state index contributed by atoms with van der Waals surface area (Å²) in [5, 5.41) is 0. The predicted molar refractivity (Wildman–Crippen MR) is 40.2 cm³/mol. The Morgan fingerprint density at radius 2 is 1.42 bits per heavy atom. The number of halogens is 2. The van der Waals surface area contributed by atoms with E-state index in [1.54, 1.807) is 9.45 Å². The van der Waals surface area contributed by atoms with Crippen LogP contribution in [0.1, 0.15) is 27.7 Å². The maximum atomic E-state index is 2.28. The first kappa shape index (κ1) is 16.1. The molecule has 1 aliphatic carbocycles. The molecule has 1 rings (SSSR count). The van der Waals surface area contributed by atoms with E-state index in [9.17, 15) is 0 Å². The minimum absolute atomic E-state index is 0. The summed E-state index contributed by atoms with van der Waals surface area (Å²) >= 11 is 2.24. The van der Waals surface area contributed by atoms with Crippen molar-refractivity contribution in [3.63, 3.8) is 0 Å². The van der Waals surface area contributed by atoms with Crippen LogP contribution >= 0.6 is 0 Å². The second-order valence-electron chi connectivity index (χ2n) is 3.07. The molecule has 0 radical (unpaired) electrons. The summed E-state index contributed by atoms with van der Waals surface area (Å²) in [6, 6.07) is 0. The van der Waals surface area contributed by atoms with E-state index in [1.165, 1.54) is 11.1 Å². The molecule has 0 nitrogen and oxygen atoms in total. The fraction of sp³-hybridized carbons (Fsp3) is 0.556. The Kier molecular flexibility index (Phi) is 8.31. The summed E-state index contributed by atoms with van der Waals surface area (Å²) in [6.45, 7) is 8.96. The van der Waals surface area contributed by atoms with E-state index in [-0.39, 0.29) is 48.0 Å². The fourth-order valence-corrected chi connectivity index (χ4v) is 1.99. The molecule has 1 aliphatic rings. The van der Waals surface area contributed by atoms with Crippen molar-refractivity contribution in [2.75, 3.05) is 0 Å². The van der Waals surface area contributed by atoms with Gasteiger partial charge in [0.1, 0.15) is 0 Å². The molecule has 0 bridgehead atoms. The molecule has 0 heterocycles. The van der Waals surface area contributed by atoms with Gasteiger partial charge >= 0.3 is 74.6 Å². The van der Waals surface area contributed by atoms with Crippen LogP contribution in [0.5, 0.6) is 0 Å². The molecule has 67 valence electrons. The third kappa shape index (κ3) is 2.82. The van der Waals surface area contributed by atoms with Crippen molar-refractivity contribution in [3.05, 3.63) is 20.6 Å². The number of hydrogen-bond donors (Lipinski definition) is 0. The monoisotopic (exact) mass is 423 g/mol. The zero-order valence-corrected chi connectivity index (χ0v) is 13.7. The van der Waals surface area contributed by atoms with Crippen LogP contribution in [0, 0.1) is 5.92 Å². The third-order valence-electron chi connectivity index (χ3n) is 2.64. The van der Waals surface area contributed by atoms with Gasteiger partial charge in [-0.3, -0.25) is 0 Å². The van der Waals surface area contributed by atoms with Gasteiger partial charge in [-0.05, 0) is 0 Å². The van der Waals surface area contributed by atoms with Gasteiger partial charge in [-0.15, -0.1) is 0 Å². The van der Waals surface area contributed by atoms with E-state index in [0.29, 0.717) is 5.92 Å². The molecule has 1 atom stereocenters. The van der Waals surface area contributed by atoms with Crippen molar-refractivity contribution in [2.45, 2.75) is 27.7 Å². The molecule has 3 heteroatoms. The van der Waals surface area contributed by atoms with Crippen molar-refractivity contribution in [1.82, 2.24) is 0 Å². The molecule has 0 aromatic carbocycles. The summed E-state index contributed by atoms with van der Waals surface area (Å²) in [6.07, 6.45) is 0. The molecule has 0 spiro atoms. The zero-order valence-electron chi connectivity index (χ0n) is 7.83. The van der Waals surface area contributed by atoms with Crippen LogP contribution in [0.2, 0.25) is 0 Å². The molecular formula is C9H13I2Ti. The summed E-state index contributed by atoms with van der Waals surface area (Å²) < 4.78 is 1.55. The predicted octanol–water partition coefficient (Wildman–Crippen LogP) is -3.20. The van der Waals surface area contributed by atoms with Gasteiger partial charge in [-0.2, -0.15) is 0 Å². The average molecular weight is 423 g/mol. The second-order valence-corrected chi connectivity index (χ2v) is 3.91. The minimum atomic E-state index is 0. The molecular weight excluding hydrogens is 410 g/mol. The van der Waals surface area contributed by atoms with Crippen LogP contribution in [0.15, 0.2) is 20.6 Å². The summed E-state index contributed by atoms with van der Waals surface area (Å²) in [7, 11) is 0. The number of hydrogen-bond acceptors (Lipinski definition) is 0. The maximum Gasteiger partial charge on any atom is -1.00 e. The van der Waals surface area contributed by atoms with Crippen molar-refractivity contribution in [3.8, 4) is 0 Å². The molecule has 12 heavy (non-hydrogen) atoms. The molecule has 0 amide bonds. The molecule has 0 N–H and O–H groups in total. The largest absolute Gasteiger partial charge is 1.00 e. The average Bonchev–Trinajstić information content (AvgIpc) is 2.07. The van der Waals surface area contributed by atoms with Gasteiger partial charge in [-0.1, -0.05) is 0 Å². The third-order valence-corrected chi connectivity index (χ3v) is 3.90. The van der Waals surface area contributed by atoms with E-state index in [2.05, 4.69) is 48.1 Å². The van der Waals surface area contributed by atoms with Crippen LogP contribution in [0.4, 0.5) is 0 Å². The van der Waals surface area contributed by atoms with Gasteiger partial charge < -0.3 is 48.0 Å². The van der Waals surface area contributed by atoms with E-state index in [4.69, 9.17) is 0 Å². The second kappa shape index (κ2) is 6.20. The summed E-state index contributed by atoms with van der Waals surface area (Å²) in [5.41, 5.74) is 4.56. The van der Waals surface area contributed by atoms with E-state index in [0.717, 1.165) is 0 Å². The normalized spacial score (nSPS) is 22.3. The standard InChI is InChI=1S/C9H13.2HI.Ti/c1-6-5-7(2)9(4)8(6)3;;;/h6H,1-4H3;2*1H;/q;;;+2/p-2. The molecule has 1 unspecified atom stereocenters. The van der Waals surface area contributed by atoms with Crippen LogP contribution in [0.3, 0.4) is 0 Å². The molecule has 0 fully saturated rings. The fourth-order valence-electron chi connectivity index (χ4n) is 1.36. The maximum absolute atomic E-state index is 2.28. The molecule has 0 aromatic rings. The SMILES string of the molecule is CC1=C(C)C(C)[C]([Ti+2])=C1C.[I-].[I-]. The van der Waals surface area contributed by atoms with E-state index < -0.39 is 0 Å². The summed E-state index contributed by atoms with van der Waals surface area (Å²) in [4.78, 5) is 0. The molecule has 0 aromatic heterocycles. The van der Waals surface area contributed by atoms with Gasteiger partial charge in [0.05, 0.1) is 0 Å². The number of allylic oxidation sites excluding steroid dienone is 4. The van der Waals surface area contributed by atoms with Gasteiger partial charge in [0.15, 0.2) is 0 Å². The van der Waals surface area contributed by atoms with E-state index in [1.807, 2.05) is 0 Å². The van der Waals surface area contributed by atoms with Crippen LogP contribution in [-0.4, -0.2) is 0 Å². The Labute approximate surface area is 121 Å². The van der Waals surface area contributed by atoms with Crippen LogP contribution in [-0.2, 0) is 20.4 Å². The smallest absolute Gasteiger partial charge is 1.00 e. The zero-order chi connectivity index (χ0) is 7.89. The minimum Gasteiger partial charge on any atom is -1.00 e. The van der Waals surface area contributed by atoms with Gasteiger partial charge in [0, 0.05) is 0 Å². The quantitative estimate of drug-likeness (QED) is 0.285. The Morgan fingerprint density at radius 1 is 1.00 bits per heavy atom. The van der Waals surface area contributed by atoms with Crippen LogP contribution in [0.25, 0.3) is 0 Å². The van der Waals surface area contributed by atoms with Crippen molar-refractivity contribution in [1.29, 1.82) is 0 Å². The topological polar surface area (TPSA) is 0 Å². The Bertz CT molecular complexity index is 205. The molecule has 0 saturated heterocycles. The van der Waals surface area contributed by atoms with Crippen molar-refractivity contribution in [2.24, 2.45) is 5.92 Å². The van der Waals surface area contributed by atoms with Gasteiger partial charge in [0.2, 0.25) is 0 Å². The Balaban J connectivity index is 0. The van der Waals surface area contributed by atoms with Crippen molar-refractivity contribution < 1.29 is 68.4 Å². The van der Waals surface area contributed by atoms with Crippen LogP contribution < -0.4 is 48.0 Å². The first-order valence-corrected chi connectivity index (χ1v) is 4.44. The van der Waals surface area contributed by atoms with Gasteiger partial charge in [-0.25, -0.2) is 0 Å². The number of rotatable bonds is 0.